The molecule has 0 radical (unpaired) electrons. The molecule has 1 aromatic rings. The number of halogens is 2. The third-order valence-electron chi connectivity index (χ3n) is 3.03. The van der Waals surface area contributed by atoms with Crippen molar-refractivity contribution in [2.45, 2.75) is 12.8 Å². The highest BCUT2D eigenvalue weighted by Crippen LogP contribution is 2.12. The molecule has 1 saturated heterocycles. The average Bonchev–Trinajstić information content (AvgIpc) is 2.35. The third kappa shape index (κ3) is 3.75. The maximum atomic E-state index is 13.3. The van der Waals surface area contributed by atoms with Gasteiger partial charge in [-0.2, -0.15) is 0 Å². The minimum atomic E-state index is -0.368. The lowest BCUT2D eigenvalue weighted by molar-refractivity contribution is 0.0374. The molecule has 0 spiro atoms. The van der Waals surface area contributed by atoms with Gasteiger partial charge in [0.2, 0.25) is 0 Å². The van der Waals surface area contributed by atoms with Gasteiger partial charge in [-0.05, 0) is 43.1 Å². The zero-order valence-corrected chi connectivity index (χ0v) is 9.79. The Bertz CT molecular complexity index is 364. The molecule has 0 aromatic heterocycles. The molecular formula is C13H17F2NO. The fraction of sp³-hybridized carbons (Fsp3) is 0.538. The van der Waals surface area contributed by atoms with Crippen LogP contribution in [0.15, 0.2) is 18.2 Å². The SMILES string of the molecule is Fc1ccc(F)c(CCCN2CCOCC2)c1. The van der Waals surface area contributed by atoms with Crippen LogP contribution in [0.1, 0.15) is 12.0 Å². The predicted octanol–water partition coefficient (Wildman–Crippen LogP) is 2.23. The van der Waals surface area contributed by atoms with Crippen LogP contribution in [0, 0.1) is 11.6 Å². The monoisotopic (exact) mass is 241 g/mol. The molecule has 0 aliphatic carbocycles. The summed E-state index contributed by atoms with van der Waals surface area (Å²) in [6.07, 6.45) is 1.43. The number of hydrogen-bond acceptors (Lipinski definition) is 2. The Morgan fingerprint density at radius 1 is 1.18 bits per heavy atom. The van der Waals surface area contributed by atoms with Crippen LogP contribution in [0.3, 0.4) is 0 Å². The normalized spacial score (nSPS) is 17.3. The summed E-state index contributed by atoms with van der Waals surface area (Å²) in [6, 6.07) is 3.63. The Balaban J connectivity index is 1.79. The quantitative estimate of drug-likeness (QED) is 0.801. The fourth-order valence-electron chi connectivity index (χ4n) is 2.05. The molecule has 0 N–H and O–H groups in total. The molecule has 94 valence electrons. The van der Waals surface area contributed by atoms with Crippen molar-refractivity contribution in [1.29, 1.82) is 0 Å². The van der Waals surface area contributed by atoms with E-state index in [0.29, 0.717) is 12.0 Å². The molecule has 0 saturated carbocycles. The molecule has 17 heavy (non-hydrogen) atoms. The second-order valence-electron chi connectivity index (χ2n) is 4.29. The standard InChI is InChI=1S/C13H17F2NO/c14-12-3-4-13(15)11(10-12)2-1-5-16-6-8-17-9-7-16/h3-4,10H,1-2,5-9H2. The highest BCUT2D eigenvalue weighted by atomic mass is 19.1. The highest BCUT2D eigenvalue weighted by Gasteiger charge is 2.10. The van der Waals surface area contributed by atoms with Crippen molar-refractivity contribution < 1.29 is 13.5 Å². The van der Waals surface area contributed by atoms with Gasteiger partial charge in [0.1, 0.15) is 11.6 Å². The number of aryl methyl sites for hydroxylation is 1. The Hall–Kier alpha value is -1.00. The summed E-state index contributed by atoms with van der Waals surface area (Å²) in [7, 11) is 0. The molecule has 1 aliphatic heterocycles. The van der Waals surface area contributed by atoms with Crippen molar-refractivity contribution in [3.8, 4) is 0 Å². The van der Waals surface area contributed by atoms with E-state index < -0.39 is 0 Å². The van der Waals surface area contributed by atoms with Crippen LogP contribution in [0.4, 0.5) is 8.78 Å². The van der Waals surface area contributed by atoms with E-state index in [1.165, 1.54) is 12.1 Å². The van der Waals surface area contributed by atoms with Gasteiger partial charge in [0, 0.05) is 13.1 Å². The number of morpholine rings is 1. The van der Waals surface area contributed by atoms with E-state index in [0.717, 1.165) is 45.3 Å². The molecule has 1 fully saturated rings. The van der Waals surface area contributed by atoms with Crippen molar-refractivity contribution in [1.82, 2.24) is 4.90 Å². The number of benzene rings is 1. The molecule has 0 atom stereocenters. The fourth-order valence-corrected chi connectivity index (χ4v) is 2.05. The summed E-state index contributed by atoms with van der Waals surface area (Å²) in [5.41, 5.74) is 0.471. The number of hydrogen-bond donors (Lipinski definition) is 0. The second-order valence-corrected chi connectivity index (χ2v) is 4.29. The Kier molecular flexibility index (Phi) is 4.45. The summed E-state index contributed by atoms with van der Waals surface area (Å²) in [5.74, 6) is -0.679. The largest absolute Gasteiger partial charge is 0.379 e. The summed E-state index contributed by atoms with van der Waals surface area (Å²) in [5, 5.41) is 0. The number of rotatable bonds is 4. The van der Waals surface area contributed by atoms with Crippen LogP contribution in [0.25, 0.3) is 0 Å². The molecule has 4 heteroatoms. The minimum Gasteiger partial charge on any atom is -0.379 e. The van der Waals surface area contributed by atoms with E-state index in [2.05, 4.69) is 4.90 Å². The molecular weight excluding hydrogens is 224 g/mol. The number of ether oxygens (including phenoxy) is 1. The maximum Gasteiger partial charge on any atom is 0.126 e. The van der Waals surface area contributed by atoms with E-state index in [1.807, 2.05) is 0 Å². The van der Waals surface area contributed by atoms with Gasteiger partial charge in [0.15, 0.2) is 0 Å². The average molecular weight is 241 g/mol. The molecule has 1 aromatic carbocycles. The Labute approximate surface area is 100 Å². The van der Waals surface area contributed by atoms with Gasteiger partial charge in [-0.3, -0.25) is 4.90 Å². The number of nitrogens with zero attached hydrogens (tertiary/aromatic N) is 1. The van der Waals surface area contributed by atoms with E-state index in [9.17, 15) is 8.78 Å². The predicted molar refractivity (Wildman–Crippen MR) is 61.9 cm³/mol. The summed E-state index contributed by atoms with van der Waals surface area (Å²) < 4.78 is 31.5. The van der Waals surface area contributed by atoms with Gasteiger partial charge < -0.3 is 4.74 Å². The van der Waals surface area contributed by atoms with E-state index >= 15 is 0 Å². The molecule has 0 bridgehead atoms. The molecule has 0 amide bonds. The molecule has 1 aliphatic rings. The van der Waals surface area contributed by atoms with Crippen molar-refractivity contribution in [3.63, 3.8) is 0 Å². The lowest BCUT2D eigenvalue weighted by atomic mass is 10.1. The van der Waals surface area contributed by atoms with Crippen LogP contribution in [0.2, 0.25) is 0 Å². The van der Waals surface area contributed by atoms with Crippen LogP contribution >= 0.6 is 0 Å². The molecule has 0 unspecified atom stereocenters. The molecule has 2 nitrogen and oxygen atoms in total. The van der Waals surface area contributed by atoms with Gasteiger partial charge in [0.25, 0.3) is 0 Å². The maximum absolute atomic E-state index is 13.3. The first-order chi connectivity index (χ1) is 8.25. The van der Waals surface area contributed by atoms with Gasteiger partial charge in [-0.1, -0.05) is 0 Å². The van der Waals surface area contributed by atoms with Gasteiger partial charge >= 0.3 is 0 Å². The van der Waals surface area contributed by atoms with Crippen molar-refractivity contribution in [3.05, 3.63) is 35.4 Å². The van der Waals surface area contributed by atoms with Crippen molar-refractivity contribution in [2.24, 2.45) is 0 Å². The first-order valence-corrected chi connectivity index (χ1v) is 6.00. The first-order valence-electron chi connectivity index (χ1n) is 6.00. The summed E-state index contributed by atoms with van der Waals surface area (Å²) >= 11 is 0. The summed E-state index contributed by atoms with van der Waals surface area (Å²) in [4.78, 5) is 2.29. The Morgan fingerprint density at radius 3 is 2.71 bits per heavy atom. The van der Waals surface area contributed by atoms with Crippen molar-refractivity contribution in [2.75, 3.05) is 32.8 Å². The van der Waals surface area contributed by atoms with Crippen molar-refractivity contribution >= 4 is 0 Å². The summed E-state index contributed by atoms with van der Waals surface area (Å²) in [6.45, 7) is 4.33. The minimum absolute atomic E-state index is 0.312. The smallest absolute Gasteiger partial charge is 0.126 e. The van der Waals surface area contributed by atoms with Gasteiger partial charge in [-0.15, -0.1) is 0 Å². The van der Waals surface area contributed by atoms with E-state index in [1.54, 1.807) is 0 Å². The zero-order valence-electron chi connectivity index (χ0n) is 9.79. The van der Waals surface area contributed by atoms with Crippen LogP contribution in [0.5, 0.6) is 0 Å². The van der Waals surface area contributed by atoms with Crippen LogP contribution in [-0.2, 0) is 11.2 Å². The van der Waals surface area contributed by atoms with Crippen LogP contribution < -0.4 is 0 Å². The van der Waals surface area contributed by atoms with E-state index in [4.69, 9.17) is 4.74 Å². The second kappa shape index (κ2) is 6.07. The van der Waals surface area contributed by atoms with Gasteiger partial charge in [0.05, 0.1) is 13.2 Å². The topological polar surface area (TPSA) is 12.5 Å². The molecule has 1 heterocycles. The third-order valence-corrected chi connectivity index (χ3v) is 3.03. The highest BCUT2D eigenvalue weighted by molar-refractivity contribution is 5.18. The first kappa shape index (κ1) is 12.5. The van der Waals surface area contributed by atoms with E-state index in [-0.39, 0.29) is 11.6 Å². The lowest BCUT2D eigenvalue weighted by Gasteiger charge is -2.26. The molecule has 2 rings (SSSR count). The van der Waals surface area contributed by atoms with Crippen LogP contribution in [-0.4, -0.2) is 37.7 Å². The van der Waals surface area contributed by atoms with Gasteiger partial charge in [-0.25, -0.2) is 8.78 Å². The Morgan fingerprint density at radius 2 is 1.94 bits per heavy atom. The zero-order chi connectivity index (χ0) is 12.1. The lowest BCUT2D eigenvalue weighted by Crippen LogP contribution is -2.36.